The average Bonchev–Trinajstić information content (AvgIpc) is 3.06. The van der Waals surface area contributed by atoms with E-state index < -0.39 is 0 Å². The number of aromatic nitrogens is 2. The van der Waals surface area contributed by atoms with Crippen molar-refractivity contribution in [3.8, 4) is 11.3 Å². The van der Waals surface area contributed by atoms with Gasteiger partial charge in [0.25, 0.3) is 5.91 Å². The molecule has 0 aliphatic heterocycles. The third-order valence-corrected chi connectivity index (χ3v) is 4.75. The van der Waals surface area contributed by atoms with Crippen molar-refractivity contribution in [3.63, 3.8) is 0 Å². The number of imidazole rings is 1. The van der Waals surface area contributed by atoms with Crippen LogP contribution in [0.15, 0.2) is 72.9 Å². The molecule has 4 aromatic rings. The van der Waals surface area contributed by atoms with Crippen LogP contribution in [0.25, 0.3) is 16.9 Å². The number of aryl methyl sites for hydroxylation is 1. The van der Waals surface area contributed by atoms with Crippen molar-refractivity contribution in [1.82, 2.24) is 9.38 Å². The number of halogens is 1. The van der Waals surface area contributed by atoms with Crippen molar-refractivity contribution in [1.29, 1.82) is 0 Å². The van der Waals surface area contributed by atoms with Crippen molar-refractivity contribution < 1.29 is 9.53 Å². The maximum absolute atomic E-state index is 12.6. The molecule has 2 aromatic heterocycles. The van der Waals surface area contributed by atoms with Crippen LogP contribution in [-0.2, 0) is 16.1 Å². The van der Waals surface area contributed by atoms with Gasteiger partial charge in [-0.15, -0.1) is 0 Å². The highest BCUT2D eigenvalue weighted by Gasteiger charge is 2.16. The first-order valence-corrected chi connectivity index (χ1v) is 9.64. The minimum absolute atomic E-state index is 0.0476. The molecule has 4 rings (SSSR count). The molecule has 2 aromatic carbocycles. The second-order valence-corrected chi connectivity index (χ2v) is 7.21. The Morgan fingerprint density at radius 3 is 2.62 bits per heavy atom. The normalized spacial score (nSPS) is 11.0. The maximum Gasteiger partial charge on any atom is 0.251 e. The lowest BCUT2D eigenvalue weighted by atomic mass is 10.1. The van der Waals surface area contributed by atoms with Crippen molar-refractivity contribution >= 4 is 29.0 Å². The zero-order valence-corrected chi connectivity index (χ0v) is 16.7. The predicted octanol–water partition coefficient (Wildman–Crippen LogP) is 5.12. The van der Waals surface area contributed by atoms with Gasteiger partial charge < -0.3 is 10.1 Å². The van der Waals surface area contributed by atoms with E-state index in [2.05, 4.69) is 5.32 Å². The van der Waals surface area contributed by atoms with Crippen LogP contribution in [0.3, 0.4) is 0 Å². The number of hydrogen-bond donors (Lipinski definition) is 1. The Hall–Kier alpha value is -3.15. The minimum Gasteiger partial charge on any atom is -0.367 e. The molecular formula is C23H20ClN3O2. The number of benzene rings is 2. The van der Waals surface area contributed by atoms with Gasteiger partial charge in [0.05, 0.1) is 6.61 Å². The zero-order valence-electron chi connectivity index (χ0n) is 15.9. The molecular weight excluding hydrogens is 386 g/mol. The number of nitrogens with zero attached hydrogens (tertiary/aromatic N) is 2. The molecule has 146 valence electrons. The first kappa shape index (κ1) is 19.2. The van der Waals surface area contributed by atoms with Gasteiger partial charge in [-0.1, -0.05) is 54.1 Å². The smallest absolute Gasteiger partial charge is 0.251 e. The van der Waals surface area contributed by atoms with E-state index in [0.29, 0.717) is 23.1 Å². The van der Waals surface area contributed by atoms with Crippen LogP contribution in [0.2, 0.25) is 5.02 Å². The van der Waals surface area contributed by atoms with Crippen LogP contribution in [0.1, 0.15) is 11.1 Å². The molecule has 0 bridgehead atoms. The fourth-order valence-corrected chi connectivity index (χ4v) is 3.20. The summed E-state index contributed by atoms with van der Waals surface area (Å²) in [6, 6.07) is 21.1. The molecule has 0 atom stereocenters. The van der Waals surface area contributed by atoms with Crippen LogP contribution in [-0.4, -0.2) is 21.9 Å². The van der Waals surface area contributed by atoms with Crippen LogP contribution in [0, 0.1) is 6.92 Å². The Balaban J connectivity index is 1.57. The Bertz CT molecular complexity index is 1140. The number of nitrogens with one attached hydrogen (secondary N) is 1. The molecule has 0 fully saturated rings. The van der Waals surface area contributed by atoms with Crippen LogP contribution in [0.5, 0.6) is 0 Å². The van der Waals surface area contributed by atoms with Crippen molar-refractivity contribution in [3.05, 3.63) is 89.1 Å². The largest absolute Gasteiger partial charge is 0.367 e. The molecule has 1 amide bonds. The summed E-state index contributed by atoms with van der Waals surface area (Å²) in [5, 5.41) is 3.60. The lowest BCUT2D eigenvalue weighted by Gasteiger charge is -2.09. The highest BCUT2D eigenvalue weighted by atomic mass is 35.5. The molecule has 6 heteroatoms. The quantitative estimate of drug-likeness (QED) is 0.484. The fraction of sp³-hybridized carbons (Fsp3) is 0.130. The molecule has 0 spiro atoms. The topological polar surface area (TPSA) is 55.6 Å². The molecule has 0 saturated heterocycles. The fourth-order valence-electron chi connectivity index (χ4n) is 3.08. The lowest BCUT2D eigenvalue weighted by molar-refractivity contribution is -0.121. The molecule has 29 heavy (non-hydrogen) atoms. The number of ether oxygens (including phenoxy) is 1. The molecule has 0 radical (unpaired) electrons. The van der Waals surface area contributed by atoms with Gasteiger partial charge in [-0.25, -0.2) is 4.98 Å². The summed E-state index contributed by atoms with van der Waals surface area (Å²) in [5.41, 5.74) is 4.43. The monoisotopic (exact) mass is 405 g/mol. The van der Waals surface area contributed by atoms with Crippen molar-refractivity contribution in [2.45, 2.75) is 13.5 Å². The molecule has 0 saturated carbocycles. The molecule has 0 unspecified atom stereocenters. The Kier molecular flexibility index (Phi) is 5.60. The summed E-state index contributed by atoms with van der Waals surface area (Å²) < 4.78 is 7.43. The van der Waals surface area contributed by atoms with E-state index in [0.717, 1.165) is 22.3 Å². The third-order valence-electron chi connectivity index (χ3n) is 4.50. The maximum atomic E-state index is 12.6. The second kappa shape index (κ2) is 8.47. The van der Waals surface area contributed by atoms with Crippen molar-refractivity contribution in [2.24, 2.45) is 0 Å². The highest BCUT2D eigenvalue weighted by Crippen LogP contribution is 2.30. The summed E-state index contributed by atoms with van der Waals surface area (Å²) in [6.07, 6.45) is 1.90. The number of carbonyl (C=O) groups excluding carboxylic acids is 1. The molecule has 1 N–H and O–H groups in total. The van der Waals surface area contributed by atoms with Gasteiger partial charge >= 0.3 is 0 Å². The first-order chi connectivity index (χ1) is 14.1. The van der Waals surface area contributed by atoms with Gasteiger partial charge in [-0.2, -0.15) is 0 Å². The Morgan fingerprint density at radius 2 is 1.86 bits per heavy atom. The van der Waals surface area contributed by atoms with Gasteiger partial charge in [0.2, 0.25) is 0 Å². The molecule has 2 heterocycles. The second-order valence-electron chi connectivity index (χ2n) is 6.77. The summed E-state index contributed by atoms with van der Waals surface area (Å²) in [6.45, 7) is 2.34. The van der Waals surface area contributed by atoms with E-state index in [4.69, 9.17) is 21.3 Å². The average molecular weight is 406 g/mol. The summed E-state index contributed by atoms with van der Waals surface area (Å²) in [5.74, 6) is 0.370. The first-order valence-electron chi connectivity index (χ1n) is 9.26. The standard InChI is InChI=1S/C23H20ClN3O2/c1-16-11-12-27-20(13-16)25-22(18-7-9-19(24)10-8-18)23(27)26-21(28)15-29-14-17-5-3-2-4-6-17/h2-13H,14-15H2,1H3,(H,26,28). The van der Waals surface area contributed by atoms with Crippen LogP contribution >= 0.6 is 11.6 Å². The third kappa shape index (κ3) is 4.47. The molecule has 0 aliphatic rings. The Labute approximate surface area is 173 Å². The summed E-state index contributed by atoms with van der Waals surface area (Å²) >= 11 is 6.02. The van der Waals surface area contributed by atoms with Gasteiger partial charge in [-0.3, -0.25) is 9.20 Å². The van der Waals surface area contributed by atoms with E-state index in [1.54, 1.807) is 12.1 Å². The van der Waals surface area contributed by atoms with Crippen molar-refractivity contribution in [2.75, 3.05) is 11.9 Å². The van der Waals surface area contributed by atoms with Crippen LogP contribution in [0.4, 0.5) is 5.82 Å². The lowest BCUT2D eigenvalue weighted by Crippen LogP contribution is -2.19. The highest BCUT2D eigenvalue weighted by molar-refractivity contribution is 6.30. The molecule has 5 nitrogen and oxygen atoms in total. The predicted molar refractivity (Wildman–Crippen MR) is 115 cm³/mol. The summed E-state index contributed by atoms with van der Waals surface area (Å²) in [4.78, 5) is 17.3. The number of fused-ring (bicyclic) bond motifs is 1. The number of hydrogen-bond acceptors (Lipinski definition) is 3. The van der Waals surface area contributed by atoms with Crippen LogP contribution < -0.4 is 5.32 Å². The number of carbonyl (C=O) groups is 1. The number of anilines is 1. The number of pyridine rings is 1. The van der Waals surface area contributed by atoms with E-state index in [-0.39, 0.29) is 12.5 Å². The van der Waals surface area contributed by atoms with E-state index in [9.17, 15) is 4.79 Å². The number of rotatable bonds is 6. The Morgan fingerprint density at radius 1 is 1.10 bits per heavy atom. The van der Waals surface area contributed by atoms with E-state index in [1.807, 2.05) is 72.1 Å². The SMILES string of the molecule is Cc1ccn2c(NC(=O)COCc3ccccc3)c(-c3ccc(Cl)cc3)nc2c1. The minimum atomic E-state index is -0.237. The van der Waals surface area contributed by atoms with Gasteiger partial charge in [-0.05, 0) is 42.3 Å². The van der Waals surface area contributed by atoms with Gasteiger partial charge in [0, 0.05) is 16.8 Å². The zero-order chi connectivity index (χ0) is 20.2. The van der Waals surface area contributed by atoms with Gasteiger partial charge in [0.15, 0.2) is 0 Å². The van der Waals surface area contributed by atoms with E-state index >= 15 is 0 Å². The molecule has 0 aliphatic carbocycles. The van der Waals surface area contributed by atoms with E-state index in [1.165, 1.54) is 0 Å². The summed E-state index contributed by atoms with van der Waals surface area (Å²) in [7, 11) is 0. The number of amides is 1. The van der Waals surface area contributed by atoms with Gasteiger partial charge in [0.1, 0.15) is 23.8 Å².